The zero-order valence-electron chi connectivity index (χ0n) is 10.1. The second kappa shape index (κ2) is 5.75. The molecule has 0 radical (unpaired) electrons. The summed E-state index contributed by atoms with van der Waals surface area (Å²) in [6.45, 7) is 1.80. The third kappa shape index (κ3) is 3.48. The van der Waals surface area contributed by atoms with Gasteiger partial charge in [-0.1, -0.05) is 23.7 Å². The number of nitrogens with zero attached hydrogens (tertiary/aromatic N) is 2. The van der Waals surface area contributed by atoms with Crippen molar-refractivity contribution in [3.63, 3.8) is 0 Å². The second-order valence-corrected chi connectivity index (χ2v) is 4.38. The van der Waals surface area contributed by atoms with Gasteiger partial charge in [0, 0.05) is 0 Å². The van der Waals surface area contributed by atoms with Crippen LogP contribution in [0.4, 0.5) is 4.39 Å². The summed E-state index contributed by atoms with van der Waals surface area (Å²) in [4.78, 5) is 11.9. The highest BCUT2D eigenvalue weighted by Gasteiger charge is 2.13. The largest absolute Gasteiger partial charge is 0.344 e. The Morgan fingerprint density at radius 1 is 1.21 bits per heavy atom. The van der Waals surface area contributed by atoms with Gasteiger partial charge in [-0.15, -0.1) is 10.2 Å². The van der Waals surface area contributed by atoms with E-state index in [0.717, 1.165) is 5.56 Å². The molecule has 1 heterocycles. The quantitative estimate of drug-likeness (QED) is 0.940. The summed E-state index contributed by atoms with van der Waals surface area (Å²) < 4.78 is 12.8. The van der Waals surface area contributed by atoms with Crippen molar-refractivity contribution in [1.29, 1.82) is 0 Å². The third-order valence-electron chi connectivity index (χ3n) is 2.58. The molecule has 0 saturated carbocycles. The first-order chi connectivity index (χ1) is 9.06. The molecule has 6 heteroatoms. The lowest BCUT2D eigenvalue weighted by Crippen LogP contribution is -2.27. The van der Waals surface area contributed by atoms with Crippen molar-refractivity contribution in [3.8, 4) is 0 Å². The summed E-state index contributed by atoms with van der Waals surface area (Å²) in [5.74, 6) is -0.674. The van der Waals surface area contributed by atoms with Crippen LogP contribution in [0, 0.1) is 5.82 Å². The van der Waals surface area contributed by atoms with Gasteiger partial charge in [-0.3, -0.25) is 4.79 Å². The van der Waals surface area contributed by atoms with Crippen molar-refractivity contribution in [2.75, 3.05) is 0 Å². The van der Waals surface area contributed by atoms with Gasteiger partial charge in [-0.2, -0.15) is 0 Å². The van der Waals surface area contributed by atoms with E-state index in [-0.39, 0.29) is 28.6 Å². The van der Waals surface area contributed by atoms with Crippen molar-refractivity contribution in [3.05, 3.63) is 58.6 Å². The molecule has 0 aliphatic heterocycles. The minimum Gasteiger partial charge on any atom is -0.344 e. The minimum absolute atomic E-state index is 0.179. The molecule has 4 nitrogen and oxygen atoms in total. The van der Waals surface area contributed by atoms with Gasteiger partial charge in [-0.25, -0.2) is 4.39 Å². The van der Waals surface area contributed by atoms with E-state index in [0.29, 0.717) is 0 Å². The molecule has 0 fully saturated rings. The molecule has 0 aliphatic rings. The van der Waals surface area contributed by atoms with E-state index in [1.165, 1.54) is 24.3 Å². The fourth-order valence-corrected chi connectivity index (χ4v) is 1.64. The van der Waals surface area contributed by atoms with Gasteiger partial charge >= 0.3 is 0 Å². The topological polar surface area (TPSA) is 54.9 Å². The average Bonchev–Trinajstić information content (AvgIpc) is 2.40. The Labute approximate surface area is 114 Å². The number of nitrogens with one attached hydrogen (secondary N) is 1. The number of hydrogen-bond donors (Lipinski definition) is 1. The Morgan fingerprint density at radius 3 is 2.47 bits per heavy atom. The lowest BCUT2D eigenvalue weighted by molar-refractivity contribution is 0.0934. The number of rotatable bonds is 3. The number of amides is 1. The minimum atomic E-state index is -0.360. The standard InChI is InChI=1S/C13H11ClFN3O/c1-8(9-2-4-10(15)5-3-9)16-13(19)11-6-7-12(14)18-17-11/h2-8H,1H3,(H,16,19). The smallest absolute Gasteiger partial charge is 0.272 e. The summed E-state index contributed by atoms with van der Waals surface area (Å²) >= 11 is 5.59. The Bertz CT molecular complexity index is 571. The van der Waals surface area contributed by atoms with Crippen LogP contribution < -0.4 is 5.32 Å². The summed E-state index contributed by atoms with van der Waals surface area (Å²) in [5.41, 5.74) is 0.982. The monoisotopic (exact) mass is 279 g/mol. The predicted octanol–water partition coefficient (Wildman–Crippen LogP) is 2.76. The molecule has 98 valence electrons. The summed E-state index contributed by atoms with van der Waals surface area (Å²) in [6.07, 6.45) is 0. The molecule has 1 amide bonds. The summed E-state index contributed by atoms with van der Waals surface area (Å²) in [6, 6.07) is 8.65. The maximum Gasteiger partial charge on any atom is 0.272 e. The molecule has 1 aromatic carbocycles. The molecule has 1 atom stereocenters. The first-order valence-corrected chi connectivity index (χ1v) is 5.99. The average molecular weight is 280 g/mol. The molecule has 1 N–H and O–H groups in total. The fraction of sp³-hybridized carbons (Fsp3) is 0.154. The molecule has 1 unspecified atom stereocenters. The highest BCUT2D eigenvalue weighted by Crippen LogP contribution is 2.13. The first-order valence-electron chi connectivity index (χ1n) is 5.62. The summed E-state index contributed by atoms with van der Waals surface area (Å²) in [7, 11) is 0. The number of halogens is 2. The molecule has 2 aromatic rings. The molecular formula is C13H11ClFN3O. The number of aromatic nitrogens is 2. The third-order valence-corrected chi connectivity index (χ3v) is 2.78. The highest BCUT2D eigenvalue weighted by atomic mass is 35.5. The number of hydrogen-bond acceptors (Lipinski definition) is 3. The van der Waals surface area contributed by atoms with Gasteiger partial charge in [0.2, 0.25) is 0 Å². The van der Waals surface area contributed by atoms with Gasteiger partial charge in [0.05, 0.1) is 6.04 Å². The van der Waals surface area contributed by atoms with E-state index in [4.69, 9.17) is 11.6 Å². The van der Waals surface area contributed by atoms with E-state index in [2.05, 4.69) is 15.5 Å². The number of benzene rings is 1. The maximum atomic E-state index is 12.8. The molecule has 0 bridgehead atoms. The molecule has 0 aliphatic carbocycles. The second-order valence-electron chi connectivity index (χ2n) is 3.99. The van der Waals surface area contributed by atoms with Gasteiger partial charge in [0.1, 0.15) is 5.82 Å². The van der Waals surface area contributed by atoms with Gasteiger partial charge < -0.3 is 5.32 Å². The van der Waals surface area contributed by atoms with Crippen LogP contribution in [0.3, 0.4) is 0 Å². The fourth-order valence-electron chi connectivity index (χ4n) is 1.54. The summed E-state index contributed by atoms with van der Waals surface area (Å²) in [5, 5.41) is 10.3. The van der Waals surface area contributed by atoms with E-state index >= 15 is 0 Å². The zero-order valence-corrected chi connectivity index (χ0v) is 10.9. The van der Waals surface area contributed by atoms with Crippen LogP contribution in [0.5, 0.6) is 0 Å². The van der Waals surface area contributed by atoms with E-state index in [1.807, 2.05) is 0 Å². The van der Waals surface area contributed by atoms with Crippen molar-refractivity contribution >= 4 is 17.5 Å². The Kier molecular flexibility index (Phi) is 4.06. The van der Waals surface area contributed by atoms with Crippen LogP contribution >= 0.6 is 11.6 Å². The number of carbonyl (C=O) groups is 1. The van der Waals surface area contributed by atoms with Crippen molar-refractivity contribution < 1.29 is 9.18 Å². The molecule has 1 aromatic heterocycles. The van der Waals surface area contributed by atoms with Crippen LogP contribution in [0.25, 0.3) is 0 Å². The Balaban J connectivity index is 2.06. The lowest BCUT2D eigenvalue weighted by atomic mass is 10.1. The van der Waals surface area contributed by atoms with Crippen LogP contribution in [0.1, 0.15) is 29.0 Å². The van der Waals surface area contributed by atoms with Crippen LogP contribution in [0.15, 0.2) is 36.4 Å². The van der Waals surface area contributed by atoms with E-state index < -0.39 is 0 Å². The lowest BCUT2D eigenvalue weighted by Gasteiger charge is -2.13. The zero-order chi connectivity index (χ0) is 13.8. The van der Waals surface area contributed by atoms with Crippen molar-refractivity contribution in [2.24, 2.45) is 0 Å². The van der Waals surface area contributed by atoms with Crippen molar-refractivity contribution in [1.82, 2.24) is 15.5 Å². The normalized spacial score (nSPS) is 11.9. The molecule has 2 rings (SSSR count). The van der Waals surface area contributed by atoms with Gasteiger partial charge in [0.15, 0.2) is 10.8 Å². The van der Waals surface area contributed by atoms with Crippen LogP contribution in [-0.4, -0.2) is 16.1 Å². The van der Waals surface area contributed by atoms with E-state index in [1.54, 1.807) is 19.1 Å². The van der Waals surface area contributed by atoms with Crippen LogP contribution in [-0.2, 0) is 0 Å². The molecule has 19 heavy (non-hydrogen) atoms. The molecule has 0 spiro atoms. The number of carbonyl (C=O) groups excluding carboxylic acids is 1. The van der Waals surface area contributed by atoms with E-state index in [9.17, 15) is 9.18 Å². The maximum absolute atomic E-state index is 12.8. The predicted molar refractivity (Wildman–Crippen MR) is 69.3 cm³/mol. The van der Waals surface area contributed by atoms with Crippen molar-refractivity contribution in [2.45, 2.75) is 13.0 Å². The van der Waals surface area contributed by atoms with Gasteiger partial charge in [-0.05, 0) is 36.8 Å². The van der Waals surface area contributed by atoms with Crippen LogP contribution in [0.2, 0.25) is 5.15 Å². The highest BCUT2D eigenvalue weighted by molar-refractivity contribution is 6.29. The first kappa shape index (κ1) is 13.4. The Morgan fingerprint density at radius 2 is 1.89 bits per heavy atom. The van der Waals surface area contributed by atoms with Gasteiger partial charge in [0.25, 0.3) is 5.91 Å². The SMILES string of the molecule is CC(NC(=O)c1ccc(Cl)nn1)c1ccc(F)cc1. The Hall–Kier alpha value is -2.01. The molecular weight excluding hydrogens is 269 g/mol. The molecule has 0 saturated heterocycles.